The van der Waals surface area contributed by atoms with Crippen molar-refractivity contribution in [3.63, 3.8) is 0 Å². The SMILES string of the molecule is C=CC(=O)OCc1ccc(OCc2ccccc2)c(OCc2ccccc2)c1. The van der Waals surface area contributed by atoms with Gasteiger partial charge in [0.2, 0.25) is 0 Å². The monoisotopic (exact) mass is 374 g/mol. The molecule has 0 unspecified atom stereocenters. The maximum Gasteiger partial charge on any atom is 0.330 e. The fourth-order valence-electron chi connectivity index (χ4n) is 2.56. The van der Waals surface area contributed by atoms with Crippen LogP contribution >= 0.6 is 0 Å². The van der Waals surface area contributed by atoms with E-state index in [2.05, 4.69) is 6.58 Å². The Kier molecular flexibility index (Phi) is 6.85. The third-order valence-corrected chi connectivity index (χ3v) is 4.03. The smallest absolute Gasteiger partial charge is 0.330 e. The van der Waals surface area contributed by atoms with E-state index in [0.29, 0.717) is 24.7 Å². The van der Waals surface area contributed by atoms with Gasteiger partial charge in [0.15, 0.2) is 11.5 Å². The highest BCUT2D eigenvalue weighted by Crippen LogP contribution is 2.30. The second-order valence-corrected chi connectivity index (χ2v) is 6.14. The Morgan fingerprint density at radius 2 is 1.29 bits per heavy atom. The van der Waals surface area contributed by atoms with Gasteiger partial charge in [0.05, 0.1) is 0 Å². The highest BCUT2D eigenvalue weighted by Gasteiger charge is 2.09. The first-order valence-corrected chi connectivity index (χ1v) is 9.00. The maximum absolute atomic E-state index is 11.3. The Morgan fingerprint density at radius 3 is 1.86 bits per heavy atom. The third kappa shape index (κ3) is 5.74. The van der Waals surface area contributed by atoms with E-state index >= 15 is 0 Å². The molecule has 0 amide bonds. The summed E-state index contributed by atoms with van der Waals surface area (Å²) in [7, 11) is 0. The van der Waals surface area contributed by atoms with Crippen LogP contribution in [0, 0.1) is 0 Å². The molecule has 0 atom stereocenters. The fraction of sp³-hybridized carbons (Fsp3) is 0.125. The van der Waals surface area contributed by atoms with Crippen molar-refractivity contribution in [2.45, 2.75) is 19.8 Å². The number of hydrogen-bond acceptors (Lipinski definition) is 4. The zero-order chi connectivity index (χ0) is 19.6. The van der Waals surface area contributed by atoms with Crippen LogP contribution in [0.1, 0.15) is 16.7 Å². The van der Waals surface area contributed by atoms with Crippen LogP contribution in [0.3, 0.4) is 0 Å². The van der Waals surface area contributed by atoms with Gasteiger partial charge in [-0.15, -0.1) is 0 Å². The van der Waals surface area contributed by atoms with Crippen LogP contribution in [-0.2, 0) is 29.4 Å². The van der Waals surface area contributed by atoms with E-state index in [-0.39, 0.29) is 6.61 Å². The number of esters is 1. The van der Waals surface area contributed by atoms with Crippen molar-refractivity contribution < 1.29 is 19.0 Å². The van der Waals surface area contributed by atoms with E-state index in [1.807, 2.05) is 78.9 Å². The van der Waals surface area contributed by atoms with Crippen LogP contribution < -0.4 is 9.47 Å². The molecule has 0 fully saturated rings. The normalized spacial score (nSPS) is 10.1. The summed E-state index contributed by atoms with van der Waals surface area (Å²) in [6.07, 6.45) is 1.14. The van der Waals surface area contributed by atoms with Gasteiger partial charge < -0.3 is 14.2 Å². The van der Waals surface area contributed by atoms with Gasteiger partial charge in [-0.3, -0.25) is 0 Å². The van der Waals surface area contributed by atoms with E-state index in [1.165, 1.54) is 0 Å². The predicted octanol–water partition coefficient (Wildman–Crippen LogP) is 5.07. The first-order chi connectivity index (χ1) is 13.7. The second kappa shape index (κ2) is 9.97. The minimum Gasteiger partial charge on any atom is -0.485 e. The Labute approximate surface area is 165 Å². The molecule has 0 aliphatic carbocycles. The van der Waals surface area contributed by atoms with Crippen molar-refractivity contribution >= 4 is 5.97 Å². The van der Waals surface area contributed by atoms with E-state index in [4.69, 9.17) is 14.2 Å². The molecule has 0 aliphatic heterocycles. The van der Waals surface area contributed by atoms with Crippen LogP contribution in [0.15, 0.2) is 91.5 Å². The summed E-state index contributed by atoms with van der Waals surface area (Å²) >= 11 is 0. The Balaban J connectivity index is 1.74. The number of ether oxygens (including phenoxy) is 3. The van der Waals surface area contributed by atoms with Crippen molar-refractivity contribution in [1.29, 1.82) is 0 Å². The Bertz CT molecular complexity index is 904. The van der Waals surface area contributed by atoms with Gasteiger partial charge in [-0.2, -0.15) is 0 Å². The molecule has 0 bridgehead atoms. The summed E-state index contributed by atoms with van der Waals surface area (Å²) in [4.78, 5) is 11.3. The van der Waals surface area contributed by atoms with Gasteiger partial charge in [0.1, 0.15) is 19.8 Å². The highest BCUT2D eigenvalue weighted by molar-refractivity contribution is 5.81. The summed E-state index contributed by atoms with van der Waals surface area (Å²) in [5, 5.41) is 0. The highest BCUT2D eigenvalue weighted by atomic mass is 16.5. The second-order valence-electron chi connectivity index (χ2n) is 6.14. The largest absolute Gasteiger partial charge is 0.485 e. The molecule has 0 aliphatic rings. The van der Waals surface area contributed by atoms with Crippen LogP contribution in [-0.4, -0.2) is 5.97 Å². The summed E-state index contributed by atoms with van der Waals surface area (Å²) in [6, 6.07) is 25.4. The zero-order valence-corrected chi connectivity index (χ0v) is 15.5. The number of benzene rings is 3. The molecule has 0 radical (unpaired) electrons. The minimum atomic E-state index is -0.462. The minimum absolute atomic E-state index is 0.144. The van der Waals surface area contributed by atoms with Gasteiger partial charge in [-0.25, -0.2) is 4.79 Å². The van der Waals surface area contributed by atoms with Crippen LogP contribution in [0.25, 0.3) is 0 Å². The number of carbonyl (C=O) groups excluding carboxylic acids is 1. The van der Waals surface area contributed by atoms with Crippen LogP contribution in [0.5, 0.6) is 11.5 Å². The van der Waals surface area contributed by atoms with Gasteiger partial charge in [0.25, 0.3) is 0 Å². The van der Waals surface area contributed by atoms with Crippen LogP contribution in [0.4, 0.5) is 0 Å². The molecule has 0 aromatic heterocycles. The lowest BCUT2D eigenvalue weighted by Crippen LogP contribution is -2.03. The predicted molar refractivity (Wildman–Crippen MR) is 108 cm³/mol. The van der Waals surface area contributed by atoms with Gasteiger partial charge in [0, 0.05) is 6.08 Å². The molecule has 0 heterocycles. The quantitative estimate of drug-likeness (QED) is 0.387. The molecule has 3 aromatic rings. The first kappa shape index (κ1) is 19.2. The standard InChI is InChI=1S/C24H22O4/c1-2-24(25)28-18-21-13-14-22(26-16-19-9-5-3-6-10-19)23(15-21)27-17-20-11-7-4-8-12-20/h2-15H,1,16-18H2. The lowest BCUT2D eigenvalue weighted by Gasteiger charge is -2.14. The Hall–Kier alpha value is -3.53. The number of rotatable bonds is 9. The molecule has 3 aromatic carbocycles. The van der Waals surface area contributed by atoms with Crippen molar-refractivity contribution in [3.05, 3.63) is 108 Å². The van der Waals surface area contributed by atoms with Crippen molar-refractivity contribution in [2.24, 2.45) is 0 Å². The third-order valence-electron chi connectivity index (χ3n) is 4.03. The maximum atomic E-state index is 11.3. The van der Waals surface area contributed by atoms with Crippen molar-refractivity contribution in [3.8, 4) is 11.5 Å². The topological polar surface area (TPSA) is 44.8 Å². The molecule has 0 saturated carbocycles. The average molecular weight is 374 g/mol. The molecule has 4 nitrogen and oxygen atoms in total. The molecule has 28 heavy (non-hydrogen) atoms. The fourth-order valence-corrected chi connectivity index (χ4v) is 2.56. The lowest BCUT2D eigenvalue weighted by molar-refractivity contribution is -0.138. The number of carbonyl (C=O) groups is 1. The first-order valence-electron chi connectivity index (χ1n) is 9.00. The lowest BCUT2D eigenvalue weighted by atomic mass is 10.2. The number of hydrogen-bond donors (Lipinski definition) is 0. The molecular weight excluding hydrogens is 352 g/mol. The van der Waals surface area contributed by atoms with Crippen molar-refractivity contribution in [1.82, 2.24) is 0 Å². The van der Waals surface area contributed by atoms with E-state index in [1.54, 1.807) is 0 Å². The molecule has 0 spiro atoms. The molecular formula is C24H22O4. The zero-order valence-electron chi connectivity index (χ0n) is 15.5. The van der Waals surface area contributed by atoms with Gasteiger partial charge in [-0.05, 0) is 28.8 Å². The van der Waals surface area contributed by atoms with Crippen LogP contribution in [0.2, 0.25) is 0 Å². The van der Waals surface area contributed by atoms with Gasteiger partial charge in [-0.1, -0.05) is 73.3 Å². The van der Waals surface area contributed by atoms with Gasteiger partial charge >= 0.3 is 5.97 Å². The summed E-state index contributed by atoms with van der Waals surface area (Å²) in [5.41, 5.74) is 2.94. The Morgan fingerprint density at radius 1 is 0.714 bits per heavy atom. The van der Waals surface area contributed by atoms with Crippen molar-refractivity contribution in [2.75, 3.05) is 0 Å². The molecule has 3 rings (SSSR count). The molecule has 4 heteroatoms. The molecule has 0 saturated heterocycles. The average Bonchev–Trinajstić information content (AvgIpc) is 2.76. The van der Waals surface area contributed by atoms with E-state index in [9.17, 15) is 4.79 Å². The summed E-state index contributed by atoms with van der Waals surface area (Å²) in [6.45, 7) is 4.40. The van der Waals surface area contributed by atoms with E-state index in [0.717, 1.165) is 22.8 Å². The molecule has 0 N–H and O–H groups in total. The van der Waals surface area contributed by atoms with E-state index < -0.39 is 5.97 Å². The summed E-state index contributed by atoms with van der Waals surface area (Å²) < 4.78 is 17.1. The molecule has 142 valence electrons. The summed E-state index contributed by atoms with van der Waals surface area (Å²) in [5.74, 6) is 0.779.